The van der Waals surface area contributed by atoms with E-state index in [4.69, 9.17) is 4.74 Å². The minimum atomic E-state index is -0.468. The second kappa shape index (κ2) is 8.84. The molecule has 1 amide bonds. The zero-order valence-electron chi connectivity index (χ0n) is 13.8. The molecule has 6 heteroatoms. The van der Waals surface area contributed by atoms with Gasteiger partial charge in [0.1, 0.15) is 17.4 Å². The fraction of sp³-hybridized carbons (Fsp3) is 0.158. The summed E-state index contributed by atoms with van der Waals surface area (Å²) in [6, 6.07) is 13.0. The Balaban J connectivity index is 2.35. The maximum Gasteiger partial charge on any atom is 0.266 e. The van der Waals surface area contributed by atoms with Gasteiger partial charge in [0.15, 0.2) is 0 Å². The summed E-state index contributed by atoms with van der Waals surface area (Å²) in [7, 11) is 0. The summed E-state index contributed by atoms with van der Waals surface area (Å²) in [4.78, 5) is 12.4. The number of hydrogen-bond acceptors (Lipinski definition) is 3. The summed E-state index contributed by atoms with van der Waals surface area (Å²) < 4.78 is 7.18. The third-order valence-electron chi connectivity index (χ3n) is 3.30. The fourth-order valence-electron chi connectivity index (χ4n) is 2.12. The van der Waals surface area contributed by atoms with Crippen LogP contribution in [-0.4, -0.2) is 12.5 Å². The van der Waals surface area contributed by atoms with Crippen LogP contribution in [0, 0.1) is 18.3 Å². The Morgan fingerprint density at radius 3 is 2.56 bits per heavy atom. The standard InChI is InChI=1S/C19H16Br2N2O2/c1-3-25-18-13(9-15(20)10-17(18)21)8-14(11-22)19(24)23-16-6-4-12(2)5-7-16/h4-10H,3H2,1-2H3,(H,23,24)/b14-8+. The van der Waals surface area contributed by atoms with Crippen LogP contribution in [-0.2, 0) is 4.79 Å². The highest BCUT2D eigenvalue weighted by Gasteiger charge is 2.14. The van der Waals surface area contributed by atoms with Crippen molar-refractivity contribution in [3.8, 4) is 11.8 Å². The van der Waals surface area contributed by atoms with E-state index < -0.39 is 5.91 Å². The first kappa shape index (κ1) is 19.2. The summed E-state index contributed by atoms with van der Waals surface area (Å²) in [5.41, 5.74) is 2.36. The third kappa shape index (κ3) is 5.18. The molecule has 0 saturated carbocycles. The number of rotatable bonds is 5. The van der Waals surface area contributed by atoms with E-state index in [1.54, 1.807) is 18.2 Å². The molecule has 0 fully saturated rings. The molecule has 0 aliphatic rings. The van der Waals surface area contributed by atoms with Crippen LogP contribution in [0.3, 0.4) is 0 Å². The lowest BCUT2D eigenvalue weighted by Gasteiger charge is -2.11. The van der Waals surface area contributed by atoms with Gasteiger partial charge in [-0.3, -0.25) is 4.79 Å². The molecule has 4 nitrogen and oxygen atoms in total. The van der Waals surface area contributed by atoms with Gasteiger partial charge in [-0.05, 0) is 60.1 Å². The molecule has 0 aromatic heterocycles. The first-order chi connectivity index (χ1) is 11.9. The number of nitrogens with zero attached hydrogens (tertiary/aromatic N) is 1. The highest BCUT2D eigenvalue weighted by molar-refractivity contribution is 9.11. The van der Waals surface area contributed by atoms with Crippen molar-refractivity contribution in [2.45, 2.75) is 13.8 Å². The molecule has 2 aromatic carbocycles. The fourth-order valence-corrected chi connectivity index (χ4v) is 3.50. The molecule has 0 unspecified atom stereocenters. The van der Waals surface area contributed by atoms with E-state index >= 15 is 0 Å². The molecule has 0 atom stereocenters. The first-order valence-electron chi connectivity index (χ1n) is 7.56. The number of nitrogens with one attached hydrogen (secondary N) is 1. The van der Waals surface area contributed by atoms with Gasteiger partial charge in [-0.2, -0.15) is 5.26 Å². The lowest BCUT2D eigenvalue weighted by Crippen LogP contribution is -2.13. The Labute approximate surface area is 163 Å². The number of carbonyl (C=O) groups excluding carboxylic acids is 1. The van der Waals surface area contributed by atoms with Gasteiger partial charge in [0.2, 0.25) is 0 Å². The van der Waals surface area contributed by atoms with Crippen molar-refractivity contribution < 1.29 is 9.53 Å². The maximum absolute atomic E-state index is 12.4. The summed E-state index contributed by atoms with van der Waals surface area (Å²) in [6.07, 6.45) is 1.52. The van der Waals surface area contributed by atoms with E-state index in [1.165, 1.54) is 6.08 Å². The Morgan fingerprint density at radius 2 is 1.96 bits per heavy atom. The van der Waals surface area contributed by atoms with Gasteiger partial charge in [-0.15, -0.1) is 0 Å². The number of anilines is 1. The van der Waals surface area contributed by atoms with E-state index in [0.717, 1.165) is 14.5 Å². The van der Waals surface area contributed by atoms with Crippen LogP contribution in [0.4, 0.5) is 5.69 Å². The number of benzene rings is 2. The molecule has 2 rings (SSSR count). The average molecular weight is 464 g/mol. The number of amides is 1. The van der Waals surface area contributed by atoms with Crippen LogP contribution in [0.25, 0.3) is 6.08 Å². The van der Waals surface area contributed by atoms with Crippen LogP contribution in [0.15, 0.2) is 50.9 Å². The highest BCUT2D eigenvalue weighted by atomic mass is 79.9. The molecule has 0 radical (unpaired) electrons. The molecule has 0 heterocycles. The summed E-state index contributed by atoms with van der Waals surface area (Å²) in [6.45, 7) is 4.31. The Kier molecular flexibility index (Phi) is 6.80. The Bertz CT molecular complexity index is 853. The van der Waals surface area contributed by atoms with E-state index in [2.05, 4.69) is 37.2 Å². The van der Waals surface area contributed by atoms with E-state index in [-0.39, 0.29) is 5.57 Å². The van der Waals surface area contributed by atoms with Crippen molar-refractivity contribution >= 4 is 49.5 Å². The van der Waals surface area contributed by atoms with Crippen LogP contribution in [0.1, 0.15) is 18.1 Å². The van der Waals surface area contributed by atoms with Gasteiger partial charge in [-0.1, -0.05) is 33.6 Å². The molecule has 0 aliphatic heterocycles. The molecule has 1 N–H and O–H groups in total. The van der Waals surface area contributed by atoms with Gasteiger partial charge in [-0.25, -0.2) is 0 Å². The van der Waals surface area contributed by atoms with Crippen molar-refractivity contribution in [1.29, 1.82) is 5.26 Å². The summed E-state index contributed by atoms with van der Waals surface area (Å²) in [5.74, 6) is 0.117. The molecule has 0 saturated heterocycles. The number of halogens is 2. The molecule has 128 valence electrons. The van der Waals surface area contributed by atoms with Crippen molar-refractivity contribution in [3.05, 3.63) is 62.0 Å². The number of aryl methyl sites for hydroxylation is 1. The second-order valence-electron chi connectivity index (χ2n) is 5.23. The quantitative estimate of drug-likeness (QED) is 0.472. The minimum Gasteiger partial charge on any atom is -0.492 e. The minimum absolute atomic E-state index is 0.00784. The number of carbonyl (C=O) groups is 1. The maximum atomic E-state index is 12.4. The van der Waals surface area contributed by atoms with Gasteiger partial charge in [0, 0.05) is 15.7 Å². The van der Waals surface area contributed by atoms with Gasteiger partial charge >= 0.3 is 0 Å². The zero-order chi connectivity index (χ0) is 18.4. The summed E-state index contributed by atoms with van der Waals surface area (Å²) >= 11 is 6.85. The van der Waals surface area contributed by atoms with Crippen molar-refractivity contribution in [2.24, 2.45) is 0 Å². The molecule has 25 heavy (non-hydrogen) atoms. The van der Waals surface area contributed by atoms with Crippen LogP contribution >= 0.6 is 31.9 Å². The van der Waals surface area contributed by atoms with E-state index in [0.29, 0.717) is 23.6 Å². The molecular weight excluding hydrogens is 448 g/mol. The van der Waals surface area contributed by atoms with E-state index in [9.17, 15) is 10.1 Å². The lowest BCUT2D eigenvalue weighted by atomic mass is 10.1. The molecule has 0 bridgehead atoms. The van der Waals surface area contributed by atoms with Crippen LogP contribution in [0.5, 0.6) is 5.75 Å². The first-order valence-corrected chi connectivity index (χ1v) is 9.15. The van der Waals surface area contributed by atoms with E-state index in [1.807, 2.05) is 38.1 Å². The Hall–Kier alpha value is -2.10. The predicted octanol–water partition coefficient (Wildman–Crippen LogP) is 5.46. The SMILES string of the molecule is CCOc1c(Br)cc(Br)cc1/C=C(\C#N)C(=O)Nc1ccc(C)cc1. The molecule has 0 aliphatic carbocycles. The lowest BCUT2D eigenvalue weighted by molar-refractivity contribution is -0.112. The number of ether oxygens (including phenoxy) is 1. The molecule has 0 spiro atoms. The zero-order valence-corrected chi connectivity index (χ0v) is 16.9. The van der Waals surface area contributed by atoms with Gasteiger partial charge in [0.25, 0.3) is 5.91 Å². The van der Waals surface area contributed by atoms with Gasteiger partial charge < -0.3 is 10.1 Å². The third-order valence-corrected chi connectivity index (χ3v) is 4.35. The van der Waals surface area contributed by atoms with Crippen LogP contribution in [0.2, 0.25) is 0 Å². The Morgan fingerprint density at radius 1 is 1.28 bits per heavy atom. The second-order valence-corrected chi connectivity index (χ2v) is 7.00. The van der Waals surface area contributed by atoms with Crippen molar-refractivity contribution in [1.82, 2.24) is 0 Å². The molecular formula is C19H16Br2N2O2. The number of nitriles is 1. The number of hydrogen-bond donors (Lipinski definition) is 1. The largest absolute Gasteiger partial charge is 0.492 e. The smallest absolute Gasteiger partial charge is 0.266 e. The highest BCUT2D eigenvalue weighted by Crippen LogP contribution is 2.34. The van der Waals surface area contributed by atoms with Crippen molar-refractivity contribution in [3.63, 3.8) is 0 Å². The molecule has 2 aromatic rings. The predicted molar refractivity (Wildman–Crippen MR) is 106 cm³/mol. The van der Waals surface area contributed by atoms with Gasteiger partial charge in [0.05, 0.1) is 11.1 Å². The van der Waals surface area contributed by atoms with Crippen LogP contribution < -0.4 is 10.1 Å². The normalized spacial score (nSPS) is 10.9. The topological polar surface area (TPSA) is 62.1 Å². The average Bonchev–Trinajstić information content (AvgIpc) is 2.57. The van der Waals surface area contributed by atoms with Crippen molar-refractivity contribution in [2.75, 3.05) is 11.9 Å². The monoisotopic (exact) mass is 462 g/mol. The summed E-state index contributed by atoms with van der Waals surface area (Å²) in [5, 5.41) is 12.1.